The molecule has 0 radical (unpaired) electrons. The highest BCUT2D eigenvalue weighted by Gasteiger charge is 2.35. The molecule has 0 saturated carbocycles. The van der Waals surface area contributed by atoms with Crippen molar-refractivity contribution in [3.63, 3.8) is 0 Å². The number of benzene rings is 1. The molecule has 0 saturated heterocycles. The summed E-state index contributed by atoms with van der Waals surface area (Å²) in [7, 11) is -2.85. The molecular weight excluding hydrogens is 443 g/mol. The fourth-order valence-electron chi connectivity index (χ4n) is 3.33. The van der Waals surface area contributed by atoms with Crippen LogP contribution in [0.3, 0.4) is 0 Å². The number of carboxylic acid groups (broad SMARTS) is 1. The first-order valence-corrected chi connectivity index (χ1v) is 10.8. The summed E-state index contributed by atoms with van der Waals surface area (Å²) in [5, 5.41) is 8.65. The number of halogens is 2. The first-order chi connectivity index (χ1) is 13.6. The number of carbonyl (C=O) groups excluding carboxylic acids is 1. The van der Waals surface area contributed by atoms with Crippen molar-refractivity contribution in [3.05, 3.63) is 46.0 Å². The van der Waals surface area contributed by atoms with E-state index in [1.54, 1.807) is 12.1 Å². The Morgan fingerprint density at radius 2 is 2.07 bits per heavy atom. The van der Waals surface area contributed by atoms with Gasteiger partial charge in [-0.25, -0.2) is 13.2 Å². The third-order valence-electron chi connectivity index (χ3n) is 4.65. The van der Waals surface area contributed by atoms with Gasteiger partial charge in [0.15, 0.2) is 0 Å². The van der Waals surface area contributed by atoms with Gasteiger partial charge in [-0.05, 0) is 42.3 Å². The standard InChI is InChI=1S/C18H18Cl2N2O6S/c1-28-18(25)21-5-4-11-6-14(2-3-16(11)21)22(10-17(23)24)29(26,27)15-8-12(19)7-13(20)9-15/h2-3,6-8,15H,4-5,9-10H2,1H3,(H,23,24). The van der Waals surface area contributed by atoms with Crippen molar-refractivity contribution in [3.8, 4) is 0 Å². The van der Waals surface area contributed by atoms with Gasteiger partial charge in [-0.1, -0.05) is 23.2 Å². The topological polar surface area (TPSA) is 104 Å². The van der Waals surface area contributed by atoms with E-state index in [0.29, 0.717) is 24.2 Å². The highest BCUT2D eigenvalue weighted by Crippen LogP contribution is 2.35. The number of anilines is 2. The van der Waals surface area contributed by atoms with Crippen molar-refractivity contribution in [1.82, 2.24) is 0 Å². The molecule has 8 nitrogen and oxygen atoms in total. The van der Waals surface area contributed by atoms with E-state index in [1.165, 1.54) is 30.2 Å². The summed E-state index contributed by atoms with van der Waals surface area (Å²) in [5.74, 6) is -1.31. The maximum atomic E-state index is 13.2. The number of fused-ring (bicyclic) bond motifs is 1. The molecule has 1 aliphatic carbocycles. The van der Waals surface area contributed by atoms with Gasteiger partial charge in [0.05, 0.1) is 18.5 Å². The van der Waals surface area contributed by atoms with Gasteiger partial charge in [0.2, 0.25) is 10.0 Å². The molecule has 1 heterocycles. The van der Waals surface area contributed by atoms with E-state index in [0.717, 1.165) is 4.31 Å². The maximum absolute atomic E-state index is 13.2. The molecule has 1 unspecified atom stereocenters. The van der Waals surface area contributed by atoms with E-state index in [9.17, 15) is 23.1 Å². The van der Waals surface area contributed by atoms with E-state index < -0.39 is 33.9 Å². The molecule has 29 heavy (non-hydrogen) atoms. The van der Waals surface area contributed by atoms with Gasteiger partial charge in [0.1, 0.15) is 11.8 Å². The van der Waals surface area contributed by atoms with Gasteiger partial charge < -0.3 is 9.84 Å². The summed E-state index contributed by atoms with van der Waals surface area (Å²) in [5.41, 5.74) is 1.50. The number of methoxy groups -OCH3 is 1. The number of allylic oxidation sites excluding steroid dienone is 3. The first kappa shape index (κ1) is 21.5. The minimum Gasteiger partial charge on any atom is -0.480 e. The lowest BCUT2D eigenvalue weighted by molar-refractivity contribution is -0.135. The number of sulfonamides is 1. The summed E-state index contributed by atoms with van der Waals surface area (Å²) in [4.78, 5) is 24.7. The number of rotatable bonds is 5. The summed E-state index contributed by atoms with van der Waals surface area (Å²) < 4.78 is 32.0. The molecule has 0 bridgehead atoms. The Bertz CT molecular complexity index is 1020. The number of aliphatic carboxylic acids is 1. The molecule has 1 N–H and O–H groups in total. The second kappa shape index (κ2) is 8.25. The quantitative estimate of drug-likeness (QED) is 0.723. The van der Waals surface area contributed by atoms with Gasteiger partial charge in [0, 0.05) is 23.0 Å². The summed E-state index contributed by atoms with van der Waals surface area (Å²) in [6.07, 6.45) is 2.76. The summed E-state index contributed by atoms with van der Waals surface area (Å²) >= 11 is 11.9. The van der Waals surface area contributed by atoms with Crippen molar-refractivity contribution >= 4 is 56.7 Å². The van der Waals surface area contributed by atoms with Crippen LogP contribution in [0.5, 0.6) is 0 Å². The van der Waals surface area contributed by atoms with Crippen LogP contribution < -0.4 is 9.21 Å². The normalized spacial score (nSPS) is 18.6. The Morgan fingerprint density at radius 3 is 2.69 bits per heavy atom. The van der Waals surface area contributed by atoms with Crippen LogP contribution in [0.25, 0.3) is 0 Å². The highest BCUT2D eigenvalue weighted by molar-refractivity contribution is 7.93. The first-order valence-electron chi connectivity index (χ1n) is 8.58. The molecule has 1 aromatic carbocycles. The molecule has 11 heteroatoms. The molecule has 2 aliphatic rings. The van der Waals surface area contributed by atoms with Crippen LogP contribution in [0.4, 0.5) is 16.2 Å². The highest BCUT2D eigenvalue weighted by atomic mass is 35.5. The van der Waals surface area contributed by atoms with Crippen molar-refractivity contribution in [2.75, 3.05) is 29.4 Å². The summed E-state index contributed by atoms with van der Waals surface area (Å²) in [6, 6.07) is 4.62. The smallest absolute Gasteiger partial charge is 0.414 e. The third-order valence-corrected chi connectivity index (χ3v) is 7.17. The van der Waals surface area contributed by atoms with E-state index in [2.05, 4.69) is 0 Å². The number of carbonyl (C=O) groups is 2. The monoisotopic (exact) mass is 460 g/mol. The lowest BCUT2D eigenvalue weighted by Gasteiger charge is -2.28. The van der Waals surface area contributed by atoms with Gasteiger partial charge in [-0.3, -0.25) is 14.0 Å². The number of amides is 1. The van der Waals surface area contributed by atoms with E-state index >= 15 is 0 Å². The molecule has 156 valence electrons. The number of nitrogens with zero attached hydrogens (tertiary/aromatic N) is 2. The molecule has 1 atom stereocenters. The Morgan fingerprint density at radius 1 is 1.34 bits per heavy atom. The lowest BCUT2D eigenvalue weighted by Crippen LogP contribution is -2.42. The van der Waals surface area contributed by atoms with Crippen LogP contribution in [-0.4, -0.2) is 51.0 Å². The van der Waals surface area contributed by atoms with Crippen LogP contribution in [0.2, 0.25) is 0 Å². The van der Waals surface area contributed by atoms with Crippen LogP contribution in [0.1, 0.15) is 12.0 Å². The van der Waals surface area contributed by atoms with Gasteiger partial charge in [-0.2, -0.15) is 0 Å². The van der Waals surface area contributed by atoms with Crippen LogP contribution >= 0.6 is 23.2 Å². The zero-order valence-corrected chi connectivity index (χ0v) is 17.7. The maximum Gasteiger partial charge on any atom is 0.414 e. The van der Waals surface area contributed by atoms with Crippen molar-refractivity contribution in [2.45, 2.75) is 18.1 Å². The van der Waals surface area contributed by atoms with Gasteiger partial charge in [0.25, 0.3) is 0 Å². The molecule has 3 rings (SSSR count). The second-order valence-electron chi connectivity index (χ2n) is 6.52. The van der Waals surface area contributed by atoms with Crippen LogP contribution in [0.15, 0.2) is 40.4 Å². The van der Waals surface area contributed by atoms with Crippen molar-refractivity contribution < 1.29 is 27.9 Å². The fourth-order valence-corrected chi connectivity index (χ4v) is 5.86. The van der Waals surface area contributed by atoms with Crippen LogP contribution in [-0.2, 0) is 26.0 Å². The van der Waals surface area contributed by atoms with Gasteiger partial charge in [-0.15, -0.1) is 0 Å². The Labute approximate surface area is 178 Å². The fraction of sp³-hybridized carbons (Fsp3) is 0.333. The third kappa shape index (κ3) is 4.36. The minimum atomic E-state index is -4.13. The molecule has 1 amide bonds. The lowest BCUT2D eigenvalue weighted by atomic mass is 10.1. The molecule has 1 aliphatic heterocycles. The molecule has 0 fully saturated rings. The number of ether oxygens (including phenoxy) is 1. The molecule has 1 aromatic rings. The number of hydrogen-bond donors (Lipinski definition) is 1. The van der Waals surface area contributed by atoms with E-state index in [-0.39, 0.29) is 22.2 Å². The minimum absolute atomic E-state index is 0.00269. The molecule has 0 spiro atoms. The number of hydrogen-bond acceptors (Lipinski definition) is 5. The van der Waals surface area contributed by atoms with Gasteiger partial charge >= 0.3 is 12.1 Å². The Hall–Kier alpha value is -2.23. The van der Waals surface area contributed by atoms with E-state index in [4.69, 9.17) is 27.9 Å². The molecule has 0 aromatic heterocycles. The van der Waals surface area contributed by atoms with Crippen LogP contribution in [0, 0.1) is 0 Å². The predicted octanol–water partition coefficient (Wildman–Crippen LogP) is 3.05. The zero-order valence-electron chi connectivity index (χ0n) is 15.3. The Balaban J connectivity index is 1.99. The van der Waals surface area contributed by atoms with E-state index in [1.807, 2.05) is 0 Å². The zero-order chi connectivity index (χ0) is 21.3. The largest absolute Gasteiger partial charge is 0.480 e. The average molecular weight is 461 g/mol. The van der Waals surface area contributed by atoms with Crippen molar-refractivity contribution in [1.29, 1.82) is 0 Å². The Kier molecular flexibility index (Phi) is 6.11. The number of carboxylic acids is 1. The SMILES string of the molecule is COC(=O)N1CCc2cc(N(CC(=O)O)S(=O)(=O)C3C=C(Cl)C=C(Cl)C3)ccc21. The van der Waals surface area contributed by atoms with Crippen molar-refractivity contribution in [2.24, 2.45) is 0 Å². The second-order valence-corrected chi connectivity index (χ2v) is 9.51. The molecular formula is C18H18Cl2N2O6S. The summed E-state index contributed by atoms with van der Waals surface area (Å²) in [6.45, 7) is -0.371. The average Bonchev–Trinajstić information content (AvgIpc) is 3.07. The predicted molar refractivity (Wildman–Crippen MR) is 110 cm³/mol.